The maximum atomic E-state index is 12.8. The first-order valence-corrected chi connectivity index (χ1v) is 8.21. The first kappa shape index (κ1) is 16.4. The Kier molecular flexibility index (Phi) is 4.26. The summed E-state index contributed by atoms with van der Waals surface area (Å²) in [6.45, 7) is 3.87. The molecule has 0 aromatic heterocycles. The Morgan fingerprint density at radius 2 is 1.92 bits per heavy atom. The Labute approximate surface area is 141 Å². The lowest BCUT2D eigenvalue weighted by Gasteiger charge is -2.25. The van der Waals surface area contributed by atoms with E-state index in [0.717, 1.165) is 16.0 Å². The zero-order chi connectivity index (χ0) is 17.4. The van der Waals surface area contributed by atoms with Crippen LogP contribution in [-0.2, 0) is 20.8 Å². The van der Waals surface area contributed by atoms with Gasteiger partial charge in [-0.1, -0.05) is 48.9 Å². The van der Waals surface area contributed by atoms with Crippen molar-refractivity contribution in [3.63, 3.8) is 0 Å². The third-order valence-corrected chi connectivity index (χ3v) is 5.04. The number of fused-ring (bicyclic) bond motifs is 1. The normalized spacial score (nSPS) is 27.7. The van der Waals surface area contributed by atoms with E-state index in [4.69, 9.17) is 0 Å². The molecule has 5 nitrogen and oxygen atoms in total. The van der Waals surface area contributed by atoms with Gasteiger partial charge in [-0.25, -0.2) is 4.79 Å². The summed E-state index contributed by atoms with van der Waals surface area (Å²) in [6.07, 6.45) is 2.68. The number of hydrogen-bond donors (Lipinski definition) is 1. The Morgan fingerprint density at radius 3 is 2.54 bits per heavy atom. The number of imide groups is 1. The Morgan fingerprint density at radius 1 is 1.25 bits per heavy atom. The van der Waals surface area contributed by atoms with Gasteiger partial charge < -0.3 is 5.11 Å². The van der Waals surface area contributed by atoms with Crippen LogP contribution in [0.25, 0.3) is 0 Å². The van der Waals surface area contributed by atoms with E-state index in [1.54, 1.807) is 0 Å². The summed E-state index contributed by atoms with van der Waals surface area (Å²) in [6, 6.07) is 7.94. The standard InChI is InChI=1S/C19H21NO4/c1-11-8-12(2)16-14(9-11)17(21)20(18(16)22)15(19(23)24)10-13-6-4-3-5-7-13/h3-8,12,14-16H,9-10H2,1-2H3,(H,23,24)/t12-,14+,15-,16-/m1/s1. The molecule has 0 bridgehead atoms. The van der Waals surface area contributed by atoms with Gasteiger partial charge in [-0.2, -0.15) is 0 Å². The summed E-state index contributed by atoms with van der Waals surface area (Å²) in [5.74, 6) is -2.72. The van der Waals surface area contributed by atoms with E-state index in [9.17, 15) is 19.5 Å². The zero-order valence-corrected chi connectivity index (χ0v) is 13.8. The van der Waals surface area contributed by atoms with Crippen LogP contribution in [0.4, 0.5) is 0 Å². The maximum Gasteiger partial charge on any atom is 0.327 e. The van der Waals surface area contributed by atoms with Crippen LogP contribution in [0, 0.1) is 17.8 Å². The highest BCUT2D eigenvalue weighted by Gasteiger charge is 2.53. The predicted molar refractivity (Wildman–Crippen MR) is 87.9 cm³/mol. The second-order valence-electron chi connectivity index (χ2n) is 6.80. The van der Waals surface area contributed by atoms with Crippen molar-refractivity contribution in [2.45, 2.75) is 32.7 Å². The van der Waals surface area contributed by atoms with Gasteiger partial charge in [0.25, 0.3) is 0 Å². The van der Waals surface area contributed by atoms with Gasteiger partial charge in [-0.15, -0.1) is 0 Å². The highest BCUT2D eigenvalue weighted by molar-refractivity contribution is 6.08. The van der Waals surface area contributed by atoms with E-state index in [-0.39, 0.29) is 24.2 Å². The van der Waals surface area contributed by atoms with E-state index < -0.39 is 23.8 Å². The molecule has 0 saturated carbocycles. The summed E-state index contributed by atoms with van der Waals surface area (Å²) in [4.78, 5) is 38.4. The van der Waals surface area contributed by atoms with Crippen LogP contribution in [0.15, 0.2) is 42.0 Å². The van der Waals surface area contributed by atoms with E-state index >= 15 is 0 Å². The van der Waals surface area contributed by atoms with Gasteiger partial charge in [0.2, 0.25) is 11.8 Å². The number of carbonyl (C=O) groups is 3. The molecule has 1 fully saturated rings. The quantitative estimate of drug-likeness (QED) is 0.680. The average Bonchev–Trinajstić information content (AvgIpc) is 2.77. The molecule has 2 amide bonds. The van der Waals surface area contributed by atoms with Crippen LogP contribution in [-0.4, -0.2) is 33.8 Å². The summed E-state index contributed by atoms with van der Waals surface area (Å²) in [7, 11) is 0. The Balaban J connectivity index is 1.91. The maximum absolute atomic E-state index is 12.8. The molecule has 3 rings (SSSR count). The van der Waals surface area contributed by atoms with Crippen LogP contribution in [0.3, 0.4) is 0 Å². The molecule has 1 aliphatic heterocycles. The van der Waals surface area contributed by atoms with E-state index in [1.807, 2.05) is 50.3 Å². The second kappa shape index (κ2) is 6.23. The molecule has 1 aliphatic carbocycles. The fourth-order valence-corrected chi connectivity index (χ4v) is 3.98. The molecule has 126 valence electrons. The van der Waals surface area contributed by atoms with E-state index in [1.165, 1.54) is 0 Å². The van der Waals surface area contributed by atoms with Gasteiger partial charge in [0.05, 0.1) is 11.8 Å². The van der Waals surface area contributed by atoms with Gasteiger partial charge >= 0.3 is 5.97 Å². The first-order valence-electron chi connectivity index (χ1n) is 8.21. The molecule has 0 radical (unpaired) electrons. The molecule has 1 aromatic carbocycles. The lowest BCUT2D eigenvalue weighted by atomic mass is 9.76. The number of likely N-dealkylation sites (tertiary alicyclic amines) is 1. The number of amides is 2. The van der Waals surface area contributed by atoms with Crippen LogP contribution in [0.1, 0.15) is 25.8 Å². The molecule has 4 atom stereocenters. The number of carbonyl (C=O) groups excluding carboxylic acids is 2. The molecular formula is C19H21NO4. The van der Waals surface area contributed by atoms with Crippen molar-refractivity contribution in [2.24, 2.45) is 17.8 Å². The van der Waals surface area contributed by atoms with Gasteiger partial charge in [-0.3, -0.25) is 14.5 Å². The molecule has 5 heteroatoms. The number of carboxylic acid groups (broad SMARTS) is 1. The predicted octanol–water partition coefficient (Wildman–Crippen LogP) is 2.27. The number of allylic oxidation sites excluding steroid dienone is 2. The number of rotatable bonds is 4. The Hall–Kier alpha value is -2.43. The van der Waals surface area contributed by atoms with Crippen LogP contribution in [0.2, 0.25) is 0 Å². The fourth-order valence-electron chi connectivity index (χ4n) is 3.98. The van der Waals surface area contributed by atoms with Crippen molar-refractivity contribution in [3.05, 3.63) is 47.5 Å². The third kappa shape index (κ3) is 2.75. The largest absolute Gasteiger partial charge is 0.480 e. The van der Waals surface area contributed by atoms with Crippen molar-refractivity contribution in [2.75, 3.05) is 0 Å². The number of aliphatic carboxylic acids is 1. The van der Waals surface area contributed by atoms with Crippen molar-refractivity contribution >= 4 is 17.8 Å². The van der Waals surface area contributed by atoms with Crippen molar-refractivity contribution < 1.29 is 19.5 Å². The third-order valence-electron chi connectivity index (χ3n) is 5.04. The van der Waals surface area contributed by atoms with E-state index in [0.29, 0.717) is 6.42 Å². The van der Waals surface area contributed by atoms with Gasteiger partial charge in [0.15, 0.2) is 0 Å². The Bertz CT molecular complexity index is 709. The van der Waals surface area contributed by atoms with Gasteiger partial charge in [-0.05, 0) is 24.8 Å². The molecule has 1 aromatic rings. The smallest absolute Gasteiger partial charge is 0.327 e. The van der Waals surface area contributed by atoms with Crippen molar-refractivity contribution in [3.8, 4) is 0 Å². The zero-order valence-electron chi connectivity index (χ0n) is 13.8. The van der Waals surface area contributed by atoms with Gasteiger partial charge in [0.1, 0.15) is 6.04 Å². The number of carboxylic acids is 1. The minimum absolute atomic E-state index is 0.0450. The molecule has 0 spiro atoms. The molecule has 1 heterocycles. The van der Waals surface area contributed by atoms with Crippen LogP contribution < -0.4 is 0 Å². The average molecular weight is 327 g/mol. The number of hydrogen-bond acceptors (Lipinski definition) is 3. The molecule has 1 saturated heterocycles. The lowest BCUT2D eigenvalue weighted by Crippen LogP contribution is -2.47. The van der Waals surface area contributed by atoms with Gasteiger partial charge in [0, 0.05) is 6.42 Å². The number of benzene rings is 1. The molecule has 24 heavy (non-hydrogen) atoms. The summed E-state index contributed by atoms with van der Waals surface area (Å²) in [5.41, 5.74) is 1.88. The minimum atomic E-state index is -1.15. The highest BCUT2D eigenvalue weighted by Crippen LogP contribution is 2.41. The highest BCUT2D eigenvalue weighted by atomic mass is 16.4. The summed E-state index contributed by atoms with van der Waals surface area (Å²) < 4.78 is 0. The summed E-state index contributed by atoms with van der Waals surface area (Å²) in [5, 5.41) is 9.62. The van der Waals surface area contributed by atoms with Crippen LogP contribution >= 0.6 is 0 Å². The summed E-state index contributed by atoms with van der Waals surface area (Å²) >= 11 is 0. The second-order valence-corrected chi connectivity index (χ2v) is 6.80. The van der Waals surface area contributed by atoms with Crippen molar-refractivity contribution in [1.82, 2.24) is 4.90 Å². The topological polar surface area (TPSA) is 74.7 Å². The van der Waals surface area contributed by atoms with Crippen LogP contribution in [0.5, 0.6) is 0 Å². The monoisotopic (exact) mass is 327 g/mol. The van der Waals surface area contributed by atoms with Crippen molar-refractivity contribution in [1.29, 1.82) is 0 Å². The first-order chi connectivity index (χ1) is 11.4. The number of nitrogens with zero attached hydrogens (tertiary/aromatic N) is 1. The SMILES string of the molecule is CC1=C[C@@H](C)[C@H]2C(=O)N([C@H](Cc3ccccc3)C(=O)O)C(=O)[C@H]2C1. The molecule has 1 N–H and O–H groups in total. The van der Waals surface area contributed by atoms with E-state index in [2.05, 4.69) is 0 Å². The molecular weight excluding hydrogens is 306 g/mol. The lowest BCUT2D eigenvalue weighted by molar-refractivity contribution is -0.155. The fraction of sp³-hybridized carbons (Fsp3) is 0.421. The minimum Gasteiger partial charge on any atom is -0.480 e. The molecule has 2 aliphatic rings. The molecule has 0 unspecified atom stereocenters.